The van der Waals surface area contributed by atoms with Gasteiger partial charge in [-0.1, -0.05) is 19.0 Å². The van der Waals surface area contributed by atoms with Gasteiger partial charge in [0.15, 0.2) is 6.61 Å². The fraction of sp³-hybridized carbons (Fsp3) is 0.385. The average Bonchev–Trinajstić information content (AvgIpc) is 2.76. The number of hydrogen-bond acceptors (Lipinski definition) is 4. The lowest BCUT2D eigenvalue weighted by atomic mass is 10.2. The van der Waals surface area contributed by atoms with Gasteiger partial charge in [-0.2, -0.15) is 4.98 Å². The van der Waals surface area contributed by atoms with E-state index < -0.39 is 0 Å². The van der Waals surface area contributed by atoms with E-state index in [1.807, 2.05) is 13.8 Å². The van der Waals surface area contributed by atoms with E-state index in [4.69, 9.17) is 9.26 Å². The molecule has 5 heteroatoms. The van der Waals surface area contributed by atoms with Gasteiger partial charge in [-0.3, -0.25) is 0 Å². The van der Waals surface area contributed by atoms with Crippen molar-refractivity contribution >= 4 is 0 Å². The van der Waals surface area contributed by atoms with Gasteiger partial charge in [0.05, 0.1) is 0 Å². The Morgan fingerprint density at radius 3 is 2.78 bits per heavy atom. The number of ether oxygens (including phenoxy) is 1. The molecule has 0 fully saturated rings. The van der Waals surface area contributed by atoms with E-state index in [0.717, 1.165) is 5.56 Å². The minimum atomic E-state index is -0.276. The first kappa shape index (κ1) is 12.5. The summed E-state index contributed by atoms with van der Waals surface area (Å²) < 4.78 is 23.5. The molecule has 0 atom stereocenters. The summed E-state index contributed by atoms with van der Waals surface area (Å²) in [5.74, 6) is 1.61. The van der Waals surface area contributed by atoms with E-state index >= 15 is 0 Å². The van der Waals surface area contributed by atoms with Gasteiger partial charge in [-0.25, -0.2) is 4.39 Å². The summed E-state index contributed by atoms with van der Waals surface area (Å²) in [5.41, 5.74) is 0.738. The largest absolute Gasteiger partial charge is 0.485 e. The van der Waals surface area contributed by atoms with E-state index in [1.54, 1.807) is 13.0 Å². The smallest absolute Gasteiger partial charge is 0.229 e. The molecule has 0 unspecified atom stereocenters. The van der Waals surface area contributed by atoms with Crippen LogP contribution in [0.5, 0.6) is 5.75 Å². The molecule has 2 aromatic rings. The first-order chi connectivity index (χ1) is 8.56. The average molecular weight is 250 g/mol. The molecule has 18 heavy (non-hydrogen) atoms. The van der Waals surface area contributed by atoms with Crippen molar-refractivity contribution < 1.29 is 13.7 Å². The van der Waals surface area contributed by atoms with Crippen molar-refractivity contribution in [3.8, 4) is 5.75 Å². The minimum Gasteiger partial charge on any atom is -0.485 e. The molecule has 1 aromatic heterocycles. The van der Waals surface area contributed by atoms with Gasteiger partial charge in [-0.15, -0.1) is 0 Å². The first-order valence-corrected chi connectivity index (χ1v) is 5.77. The van der Waals surface area contributed by atoms with Crippen LogP contribution in [0.1, 0.15) is 37.0 Å². The molecule has 0 N–H and O–H groups in total. The Morgan fingerprint density at radius 1 is 1.39 bits per heavy atom. The Morgan fingerprint density at radius 2 is 2.17 bits per heavy atom. The van der Waals surface area contributed by atoms with Crippen molar-refractivity contribution in [2.75, 3.05) is 0 Å². The van der Waals surface area contributed by atoms with Crippen LogP contribution < -0.4 is 4.74 Å². The molecule has 0 saturated heterocycles. The number of aryl methyl sites for hydroxylation is 1. The van der Waals surface area contributed by atoms with Crippen LogP contribution in [-0.2, 0) is 6.61 Å². The fourth-order valence-electron chi connectivity index (χ4n) is 1.48. The van der Waals surface area contributed by atoms with Crippen LogP contribution in [0.2, 0.25) is 0 Å². The zero-order valence-electron chi connectivity index (χ0n) is 10.6. The van der Waals surface area contributed by atoms with E-state index in [9.17, 15) is 4.39 Å². The molecule has 0 aliphatic rings. The third kappa shape index (κ3) is 2.85. The maximum absolute atomic E-state index is 12.9. The molecule has 96 valence electrons. The number of nitrogens with zero attached hydrogens (tertiary/aromatic N) is 2. The highest BCUT2D eigenvalue weighted by Gasteiger charge is 2.10. The van der Waals surface area contributed by atoms with Crippen molar-refractivity contribution in [3.05, 3.63) is 41.3 Å². The summed E-state index contributed by atoms with van der Waals surface area (Å²) in [6.07, 6.45) is 0. The molecular weight excluding hydrogens is 235 g/mol. The molecule has 0 aliphatic heterocycles. The van der Waals surface area contributed by atoms with Gasteiger partial charge in [0.1, 0.15) is 11.6 Å². The summed E-state index contributed by atoms with van der Waals surface area (Å²) in [7, 11) is 0. The Kier molecular flexibility index (Phi) is 3.60. The van der Waals surface area contributed by atoms with E-state index in [2.05, 4.69) is 10.1 Å². The van der Waals surface area contributed by atoms with Crippen LogP contribution in [0.3, 0.4) is 0 Å². The van der Waals surface area contributed by atoms with Crippen molar-refractivity contribution in [2.24, 2.45) is 0 Å². The Labute approximate surface area is 105 Å². The van der Waals surface area contributed by atoms with E-state index in [-0.39, 0.29) is 18.3 Å². The van der Waals surface area contributed by atoms with Crippen LogP contribution in [0.4, 0.5) is 4.39 Å². The van der Waals surface area contributed by atoms with Crippen LogP contribution in [0.15, 0.2) is 22.7 Å². The van der Waals surface area contributed by atoms with Crippen LogP contribution >= 0.6 is 0 Å². The second-order valence-electron chi connectivity index (χ2n) is 4.40. The van der Waals surface area contributed by atoms with Crippen molar-refractivity contribution in [2.45, 2.75) is 33.3 Å². The lowest BCUT2D eigenvalue weighted by Crippen LogP contribution is -1.99. The molecule has 0 saturated carbocycles. The molecule has 1 aromatic carbocycles. The van der Waals surface area contributed by atoms with Gasteiger partial charge in [0.2, 0.25) is 11.7 Å². The highest BCUT2D eigenvalue weighted by Crippen LogP contribution is 2.19. The summed E-state index contributed by atoms with van der Waals surface area (Å²) in [5, 5.41) is 3.81. The highest BCUT2D eigenvalue weighted by molar-refractivity contribution is 5.32. The second-order valence-corrected chi connectivity index (χ2v) is 4.40. The molecular formula is C13H15FN2O2. The minimum absolute atomic E-state index is 0.193. The highest BCUT2D eigenvalue weighted by atomic mass is 19.1. The summed E-state index contributed by atoms with van der Waals surface area (Å²) >= 11 is 0. The number of hydrogen-bond donors (Lipinski definition) is 0. The third-order valence-corrected chi connectivity index (χ3v) is 2.47. The van der Waals surface area contributed by atoms with E-state index in [1.165, 1.54) is 12.1 Å². The summed E-state index contributed by atoms with van der Waals surface area (Å²) in [6, 6.07) is 4.37. The predicted molar refractivity (Wildman–Crippen MR) is 63.9 cm³/mol. The Balaban J connectivity index is 2.02. The van der Waals surface area contributed by atoms with E-state index in [0.29, 0.717) is 17.5 Å². The monoisotopic (exact) mass is 250 g/mol. The summed E-state index contributed by atoms with van der Waals surface area (Å²) in [4.78, 5) is 4.20. The SMILES string of the molecule is Cc1cc(F)ccc1OCc1noc(C(C)C)n1. The zero-order valence-corrected chi connectivity index (χ0v) is 10.6. The maximum atomic E-state index is 12.9. The normalized spacial score (nSPS) is 10.9. The lowest BCUT2D eigenvalue weighted by Gasteiger charge is -2.06. The van der Waals surface area contributed by atoms with Crippen LogP contribution in [-0.4, -0.2) is 10.1 Å². The van der Waals surface area contributed by atoms with Crippen molar-refractivity contribution in [1.29, 1.82) is 0 Å². The number of rotatable bonds is 4. The molecule has 0 aliphatic carbocycles. The molecule has 4 nitrogen and oxygen atoms in total. The van der Waals surface area contributed by atoms with Gasteiger partial charge in [0, 0.05) is 5.92 Å². The lowest BCUT2D eigenvalue weighted by molar-refractivity contribution is 0.282. The van der Waals surface area contributed by atoms with Gasteiger partial charge < -0.3 is 9.26 Å². The number of halogens is 1. The van der Waals surface area contributed by atoms with Gasteiger partial charge in [0.25, 0.3) is 0 Å². The predicted octanol–water partition coefficient (Wildman–Crippen LogP) is 3.22. The maximum Gasteiger partial charge on any atom is 0.229 e. The number of benzene rings is 1. The standard InChI is InChI=1S/C13H15FN2O2/c1-8(2)13-15-12(16-18-13)7-17-11-5-4-10(14)6-9(11)3/h4-6,8H,7H2,1-3H3. The Hall–Kier alpha value is -1.91. The van der Waals surface area contributed by atoms with Gasteiger partial charge >= 0.3 is 0 Å². The molecule has 0 bridgehead atoms. The third-order valence-electron chi connectivity index (χ3n) is 2.47. The van der Waals surface area contributed by atoms with Crippen LogP contribution in [0, 0.1) is 12.7 Å². The molecule has 0 radical (unpaired) electrons. The second kappa shape index (κ2) is 5.16. The quantitative estimate of drug-likeness (QED) is 0.835. The van der Waals surface area contributed by atoms with Crippen molar-refractivity contribution in [1.82, 2.24) is 10.1 Å². The molecule has 2 rings (SSSR count). The summed E-state index contributed by atoms with van der Waals surface area (Å²) in [6.45, 7) is 5.95. The zero-order chi connectivity index (χ0) is 13.1. The molecule has 0 spiro atoms. The Bertz CT molecular complexity index is 538. The fourth-order valence-corrected chi connectivity index (χ4v) is 1.48. The topological polar surface area (TPSA) is 48.2 Å². The van der Waals surface area contributed by atoms with Crippen molar-refractivity contribution in [3.63, 3.8) is 0 Å². The number of aromatic nitrogens is 2. The first-order valence-electron chi connectivity index (χ1n) is 5.77. The molecule has 1 heterocycles. The van der Waals surface area contributed by atoms with Gasteiger partial charge in [-0.05, 0) is 30.7 Å². The molecule has 0 amide bonds. The van der Waals surface area contributed by atoms with Crippen LogP contribution in [0.25, 0.3) is 0 Å².